The first-order chi connectivity index (χ1) is 13.1. The zero-order chi connectivity index (χ0) is 20.5. The first kappa shape index (κ1) is 19.9. The van der Waals surface area contributed by atoms with Gasteiger partial charge >= 0.3 is 5.97 Å². The van der Waals surface area contributed by atoms with Gasteiger partial charge in [0.15, 0.2) is 0 Å². The van der Waals surface area contributed by atoms with Crippen molar-refractivity contribution in [3.05, 3.63) is 65.7 Å². The van der Waals surface area contributed by atoms with E-state index in [1.165, 1.54) is 5.56 Å². The highest BCUT2D eigenvalue weighted by Crippen LogP contribution is 2.36. The van der Waals surface area contributed by atoms with Gasteiger partial charge in [0.1, 0.15) is 5.75 Å². The van der Waals surface area contributed by atoms with Gasteiger partial charge in [-0.1, -0.05) is 58.9 Å². The molecule has 0 aromatic heterocycles. The monoisotopic (exact) mass is 376 g/mol. The molecule has 3 heteroatoms. The number of carboxylic acid groups (broad SMARTS) is 1. The van der Waals surface area contributed by atoms with Crippen molar-refractivity contribution in [1.29, 1.82) is 0 Å². The second-order valence-corrected chi connectivity index (χ2v) is 8.75. The molecule has 0 saturated carbocycles. The van der Waals surface area contributed by atoms with Crippen molar-refractivity contribution in [3.8, 4) is 16.9 Å². The quantitative estimate of drug-likeness (QED) is 0.550. The lowest BCUT2D eigenvalue weighted by molar-refractivity contribution is 0.0697. The van der Waals surface area contributed by atoms with Crippen LogP contribution in [0.5, 0.6) is 5.75 Å². The van der Waals surface area contributed by atoms with E-state index in [1.54, 1.807) is 12.1 Å². The van der Waals surface area contributed by atoms with Gasteiger partial charge in [-0.25, -0.2) is 4.79 Å². The van der Waals surface area contributed by atoms with Crippen molar-refractivity contribution < 1.29 is 14.6 Å². The summed E-state index contributed by atoms with van der Waals surface area (Å²) in [5.41, 5.74) is 3.70. The Balaban J connectivity index is 2.02. The Hall–Kier alpha value is -2.81. The SMILES string of the molecule is CC(C)COc1ccc(-c2ccc3cc(C(=O)O)ccc3c2)cc1C(C)(C)C. The number of fused-ring (bicyclic) bond motifs is 1. The summed E-state index contributed by atoms with van der Waals surface area (Å²) in [6.07, 6.45) is 0. The van der Waals surface area contributed by atoms with Crippen molar-refractivity contribution in [2.24, 2.45) is 5.92 Å². The minimum atomic E-state index is -0.905. The van der Waals surface area contributed by atoms with Gasteiger partial charge in [-0.15, -0.1) is 0 Å². The fraction of sp³-hybridized carbons (Fsp3) is 0.320. The maximum Gasteiger partial charge on any atom is 0.335 e. The van der Waals surface area contributed by atoms with E-state index >= 15 is 0 Å². The molecular weight excluding hydrogens is 348 g/mol. The predicted molar refractivity (Wildman–Crippen MR) is 115 cm³/mol. The molecule has 3 aromatic carbocycles. The van der Waals surface area contributed by atoms with Crippen LogP contribution < -0.4 is 4.74 Å². The molecule has 3 nitrogen and oxygen atoms in total. The van der Waals surface area contributed by atoms with E-state index in [0.717, 1.165) is 27.6 Å². The number of ether oxygens (including phenoxy) is 1. The first-order valence-electron chi connectivity index (χ1n) is 9.70. The zero-order valence-corrected chi connectivity index (χ0v) is 17.2. The topological polar surface area (TPSA) is 46.5 Å². The highest BCUT2D eigenvalue weighted by Gasteiger charge is 2.20. The molecule has 28 heavy (non-hydrogen) atoms. The van der Waals surface area contributed by atoms with Crippen LogP contribution in [0.4, 0.5) is 0 Å². The van der Waals surface area contributed by atoms with Gasteiger partial charge in [0.05, 0.1) is 12.2 Å². The average molecular weight is 376 g/mol. The van der Waals surface area contributed by atoms with Gasteiger partial charge in [-0.05, 0) is 63.6 Å². The summed E-state index contributed by atoms with van der Waals surface area (Å²) in [6.45, 7) is 11.6. The zero-order valence-electron chi connectivity index (χ0n) is 17.2. The molecule has 0 aliphatic heterocycles. The smallest absolute Gasteiger partial charge is 0.335 e. The first-order valence-corrected chi connectivity index (χ1v) is 9.70. The van der Waals surface area contributed by atoms with Crippen LogP contribution in [0.2, 0.25) is 0 Å². The van der Waals surface area contributed by atoms with Crippen LogP contribution >= 0.6 is 0 Å². The second-order valence-electron chi connectivity index (χ2n) is 8.75. The molecule has 0 radical (unpaired) electrons. The molecule has 0 atom stereocenters. The molecule has 1 N–H and O–H groups in total. The minimum Gasteiger partial charge on any atom is -0.493 e. The van der Waals surface area contributed by atoms with Crippen molar-refractivity contribution in [2.75, 3.05) is 6.61 Å². The summed E-state index contributed by atoms with van der Waals surface area (Å²) >= 11 is 0. The molecule has 0 aliphatic rings. The number of benzene rings is 3. The lowest BCUT2D eigenvalue weighted by Gasteiger charge is -2.24. The predicted octanol–water partition coefficient (Wildman–Crippen LogP) is 6.54. The molecule has 0 spiro atoms. The van der Waals surface area contributed by atoms with E-state index in [2.05, 4.69) is 58.9 Å². The minimum absolute atomic E-state index is 0.0322. The van der Waals surface area contributed by atoms with E-state index < -0.39 is 5.97 Å². The van der Waals surface area contributed by atoms with Gasteiger partial charge in [0.2, 0.25) is 0 Å². The Morgan fingerprint density at radius 2 is 1.54 bits per heavy atom. The Morgan fingerprint density at radius 1 is 0.929 bits per heavy atom. The standard InChI is InChI=1S/C25H28O3/c1-16(2)15-28-23-11-10-20(14-22(23)25(3,4)5)18-6-7-19-13-21(24(26)27)9-8-17(19)12-18/h6-14,16H,15H2,1-5H3,(H,26,27). The Labute approximate surface area is 167 Å². The molecule has 3 rings (SSSR count). The molecule has 0 aliphatic carbocycles. The lowest BCUT2D eigenvalue weighted by atomic mass is 9.84. The highest BCUT2D eigenvalue weighted by molar-refractivity contribution is 5.95. The van der Waals surface area contributed by atoms with Crippen LogP contribution in [0.3, 0.4) is 0 Å². The number of rotatable bonds is 5. The average Bonchev–Trinajstić information content (AvgIpc) is 2.64. The molecular formula is C25H28O3. The molecule has 0 fully saturated rings. The van der Waals surface area contributed by atoms with Crippen LogP contribution in [-0.2, 0) is 5.41 Å². The van der Waals surface area contributed by atoms with Crippen molar-refractivity contribution >= 4 is 16.7 Å². The molecule has 0 heterocycles. The van der Waals surface area contributed by atoms with Crippen LogP contribution in [0.25, 0.3) is 21.9 Å². The Bertz CT molecular complexity index is 1010. The molecule has 0 unspecified atom stereocenters. The maximum atomic E-state index is 11.2. The van der Waals surface area contributed by atoms with E-state index in [9.17, 15) is 9.90 Å². The number of hydrogen-bond donors (Lipinski definition) is 1. The van der Waals surface area contributed by atoms with Crippen molar-refractivity contribution in [1.82, 2.24) is 0 Å². The summed E-state index contributed by atoms with van der Waals surface area (Å²) in [7, 11) is 0. The van der Waals surface area contributed by atoms with Crippen LogP contribution in [-0.4, -0.2) is 17.7 Å². The van der Waals surface area contributed by atoms with E-state index in [4.69, 9.17) is 4.74 Å². The largest absolute Gasteiger partial charge is 0.493 e. The van der Waals surface area contributed by atoms with Gasteiger partial charge in [-0.2, -0.15) is 0 Å². The van der Waals surface area contributed by atoms with Gasteiger partial charge < -0.3 is 9.84 Å². The number of carbonyl (C=O) groups is 1. The molecule has 146 valence electrons. The van der Waals surface area contributed by atoms with Crippen LogP contribution in [0.15, 0.2) is 54.6 Å². The van der Waals surface area contributed by atoms with Crippen molar-refractivity contribution in [3.63, 3.8) is 0 Å². The van der Waals surface area contributed by atoms with E-state index in [0.29, 0.717) is 18.1 Å². The number of hydrogen-bond acceptors (Lipinski definition) is 2. The summed E-state index contributed by atoms with van der Waals surface area (Å²) in [5, 5.41) is 11.1. The molecule has 0 amide bonds. The molecule has 3 aromatic rings. The summed E-state index contributed by atoms with van der Waals surface area (Å²) < 4.78 is 6.07. The molecule has 0 bridgehead atoms. The van der Waals surface area contributed by atoms with E-state index in [1.807, 2.05) is 18.2 Å². The van der Waals surface area contributed by atoms with Crippen molar-refractivity contribution in [2.45, 2.75) is 40.0 Å². The van der Waals surface area contributed by atoms with Gasteiger partial charge in [0, 0.05) is 5.56 Å². The summed E-state index contributed by atoms with van der Waals surface area (Å²) in [6, 6.07) is 17.7. The Morgan fingerprint density at radius 3 is 2.18 bits per heavy atom. The van der Waals surface area contributed by atoms with Crippen LogP contribution in [0.1, 0.15) is 50.5 Å². The second kappa shape index (κ2) is 7.67. The fourth-order valence-electron chi connectivity index (χ4n) is 3.24. The third-order valence-electron chi connectivity index (χ3n) is 4.78. The van der Waals surface area contributed by atoms with Crippen LogP contribution in [0, 0.1) is 5.92 Å². The highest BCUT2D eigenvalue weighted by atomic mass is 16.5. The summed E-state index contributed by atoms with van der Waals surface area (Å²) in [5.74, 6) is 0.512. The molecule has 0 saturated heterocycles. The third kappa shape index (κ3) is 4.36. The fourth-order valence-corrected chi connectivity index (χ4v) is 3.24. The van der Waals surface area contributed by atoms with Gasteiger partial charge in [-0.3, -0.25) is 0 Å². The third-order valence-corrected chi connectivity index (χ3v) is 4.78. The number of aromatic carboxylic acids is 1. The Kier molecular flexibility index (Phi) is 5.46. The summed E-state index contributed by atoms with van der Waals surface area (Å²) in [4.78, 5) is 11.2. The number of carboxylic acids is 1. The normalized spacial score (nSPS) is 11.8. The lowest BCUT2D eigenvalue weighted by Crippen LogP contribution is -2.15. The van der Waals surface area contributed by atoms with E-state index in [-0.39, 0.29) is 5.41 Å². The van der Waals surface area contributed by atoms with Gasteiger partial charge in [0.25, 0.3) is 0 Å². The maximum absolute atomic E-state index is 11.2.